The minimum Gasteiger partial charge on any atom is -0.382 e. The molecule has 0 spiro atoms. The van der Waals surface area contributed by atoms with Crippen LogP contribution in [0.2, 0.25) is 10.0 Å². The number of carbonyl (C=O) groups is 1. The highest BCUT2D eigenvalue weighted by Gasteiger charge is 2.22. The summed E-state index contributed by atoms with van der Waals surface area (Å²) in [6.45, 7) is 2.39. The molecule has 1 saturated heterocycles. The molecule has 0 saturated carbocycles. The summed E-state index contributed by atoms with van der Waals surface area (Å²) in [6.07, 6.45) is 2.59. The lowest BCUT2D eigenvalue weighted by Gasteiger charge is -2.29. The molecule has 2 heterocycles. The lowest BCUT2D eigenvalue weighted by molar-refractivity contribution is 0.104. The number of likely N-dealkylation sites (tertiary alicyclic amines) is 1. The largest absolute Gasteiger partial charge is 0.382 e. The topological polar surface area (TPSA) is 71.2 Å². The molecule has 3 N–H and O–H groups in total. The second-order valence-corrected chi connectivity index (χ2v) is 10.8. The Morgan fingerprint density at radius 3 is 2.66 bits per heavy atom. The zero-order valence-electron chi connectivity index (χ0n) is 17.6. The van der Waals surface area contributed by atoms with Crippen LogP contribution < -0.4 is 11.1 Å². The minimum absolute atomic E-state index is 0.156. The molecule has 1 aromatic heterocycles. The van der Waals surface area contributed by atoms with E-state index in [4.69, 9.17) is 28.9 Å². The third-order valence-corrected chi connectivity index (χ3v) is 8.22. The number of halogens is 2. The van der Waals surface area contributed by atoms with Crippen molar-refractivity contribution in [1.29, 1.82) is 0 Å². The Bertz CT molecular complexity index is 1080. The van der Waals surface area contributed by atoms with Gasteiger partial charge in [-0.05, 0) is 68.8 Å². The van der Waals surface area contributed by atoms with Gasteiger partial charge >= 0.3 is 0 Å². The molecule has 1 aliphatic rings. The summed E-state index contributed by atoms with van der Waals surface area (Å²) in [5.74, 6) is 1.71. The van der Waals surface area contributed by atoms with E-state index >= 15 is 0 Å². The maximum absolute atomic E-state index is 12.9. The summed E-state index contributed by atoms with van der Waals surface area (Å²) >= 11 is 15.4. The zero-order valence-corrected chi connectivity index (χ0v) is 20.8. The van der Waals surface area contributed by atoms with Crippen LogP contribution in [-0.4, -0.2) is 41.6 Å². The second kappa shape index (κ2) is 10.4. The Balaban J connectivity index is 1.40. The first-order chi connectivity index (χ1) is 15.4. The highest BCUT2D eigenvalue weighted by Crippen LogP contribution is 2.34. The van der Waals surface area contributed by atoms with E-state index in [1.54, 1.807) is 18.2 Å². The van der Waals surface area contributed by atoms with Gasteiger partial charge in [-0.25, -0.2) is 4.98 Å². The van der Waals surface area contributed by atoms with E-state index in [9.17, 15) is 4.79 Å². The molecule has 1 unspecified atom stereocenters. The molecule has 9 heteroatoms. The molecule has 0 bridgehead atoms. The van der Waals surface area contributed by atoms with Gasteiger partial charge in [-0.3, -0.25) is 4.79 Å². The van der Waals surface area contributed by atoms with Crippen LogP contribution in [0.4, 0.5) is 16.6 Å². The van der Waals surface area contributed by atoms with E-state index in [1.165, 1.54) is 42.2 Å². The molecule has 3 aromatic rings. The summed E-state index contributed by atoms with van der Waals surface area (Å²) in [7, 11) is 2.20. The van der Waals surface area contributed by atoms with Crippen LogP contribution >= 0.6 is 46.3 Å². The summed E-state index contributed by atoms with van der Waals surface area (Å²) in [5, 5.41) is 4.35. The van der Waals surface area contributed by atoms with E-state index < -0.39 is 0 Å². The lowest BCUT2D eigenvalue weighted by Crippen LogP contribution is -2.33. The predicted molar refractivity (Wildman–Crippen MR) is 137 cm³/mol. The molecule has 168 valence electrons. The molecule has 32 heavy (non-hydrogen) atoms. The zero-order chi connectivity index (χ0) is 22.7. The molecule has 1 atom stereocenters. The highest BCUT2D eigenvalue weighted by atomic mass is 35.5. The first-order valence-corrected chi connectivity index (χ1v) is 12.9. The first kappa shape index (κ1) is 23.4. The van der Waals surface area contributed by atoms with Gasteiger partial charge in [0.15, 0.2) is 5.13 Å². The van der Waals surface area contributed by atoms with Gasteiger partial charge in [-0.1, -0.05) is 40.6 Å². The maximum atomic E-state index is 12.9. The number of hydrogen-bond donors (Lipinski definition) is 2. The fraction of sp³-hybridized carbons (Fsp3) is 0.304. The molecule has 0 aliphatic carbocycles. The number of nitrogen functional groups attached to an aromatic ring is 1. The molecule has 2 aromatic carbocycles. The second-order valence-electron chi connectivity index (χ2n) is 7.89. The normalized spacial score (nSPS) is 16.8. The maximum Gasteiger partial charge on any atom is 0.209 e. The van der Waals surface area contributed by atoms with Crippen molar-refractivity contribution in [3.8, 4) is 0 Å². The fourth-order valence-corrected chi connectivity index (χ4v) is 6.21. The fourth-order valence-electron chi connectivity index (χ4n) is 3.76. The molecule has 0 radical (unpaired) electrons. The van der Waals surface area contributed by atoms with Gasteiger partial charge in [-0.2, -0.15) is 0 Å². The van der Waals surface area contributed by atoms with Crippen LogP contribution in [0.25, 0.3) is 0 Å². The van der Waals surface area contributed by atoms with Crippen LogP contribution in [0.3, 0.4) is 0 Å². The Labute approximate surface area is 206 Å². The predicted octanol–water partition coefficient (Wildman–Crippen LogP) is 6.44. The molecular formula is C23H24Cl2N4OS2. The lowest BCUT2D eigenvalue weighted by atomic mass is 10.0. The third kappa shape index (κ3) is 5.58. The molecular weight excluding hydrogens is 483 g/mol. The molecule has 0 amide bonds. The summed E-state index contributed by atoms with van der Waals surface area (Å²) in [5.41, 5.74) is 7.15. The number of carbonyl (C=O) groups excluding carboxylic acids is 1. The molecule has 1 aliphatic heterocycles. The van der Waals surface area contributed by atoms with Crippen molar-refractivity contribution in [2.75, 3.05) is 36.9 Å². The number of ketones is 1. The van der Waals surface area contributed by atoms with E-state index in [2.05, 4.69) is 34.4 Å². The van der Waals surface area contributed by atoms with Crippen molar-refractivity contribution in [2.45, 2.75) is 17.7 Å². The Kier molecular flexibility index (Phi) is 7.63. The minimum atomic E-state index is -0.330. The SMILES string of the molecule is CN1CCCC(CSc2ccc(Nc3nc(N)c(C(=O)c4c(Cl)cccc4Cl)s3)cc2)C1. The van der Waals surface area contributed by atoms with Crippen molar-refractivity contribution >= 4 is 68.7 Å². The third-order valence-electron chi connectivity index (χ3n) is 5.36. The number of aromatic nitrogens is 1. The monoisotopic (exact) mass is 506 g/mol. The number of hydrogen-bond acceptors (Lipinski definition) is 7. The van der Waals surface area contributed by atoms with E-state index in [0.717, 1.165) is 17.4 Å². The van der Waals surface area contributed by atoms with Crippen LogP contribution in [-0.2, 0) is 0 Å². The number of thiazole rings is 1. The average Bonchev–Trinajstić information content (AvgIpc) is 3.13. The number of nitrogens with one attached hydrogen (secondary N) is 1. The van der Waals surface area contributed by atoms with Crippen LogP contribution in [0.5, 0.6) is 0 Å². The number of nitrogens with two attached hydrogens (primary N) is 1. The van der Waals surface area contributed by atoms with Crippen molar-refractivity contribution in [2.24, 2.45) is 5.92 Å². The van der Waals surface area contributed by atoms with Gasteiger partial charge in [-0.15, -0.1) is 11.8 Å². The van der Waals surface area contributed by atoms with E-state index in [0.29, 0.717) is 10.0 Å². The number of benzene rings is 2. The van der Waals surface area contributed by atoms with Gasteiger partial charge in [0.1, 0.15) is 10.7 Å². The number of thioether (sulfide) groups is 1. The van der Waals surface area contributed by atoms with Gasteiger partial charge in [0, 0.05) is 22.9 Å². The Morgan fingerprint density at radius 2 is 1.97 bits per heavy atom. The van der Waals surface area contributed by atoms with Crippen molar-refractivity contribution in [3.05, 3.63) is 63.0 Å². The number of piperidine rings is 1. The van der Waals surface area contributed by atoms with Gasteiger partial charge in [0.2, 0.25) is 5.78 Å². The Morgan fingerprint density at radius 1 is 1.25 bits per heavy atom. The van der Waals surface area contributed by atoms with Gasteiger partial charge < -0.3 is 16.0 Å². The molecule has 4 rings (SSSR count). The van der Waals surface area contributed by atoms with Gasteiger partial charge in [0.05, 0.1) is 15.6 Å². The quantitative estimate of drug-likeness (QED) is 0.283. The number of nitrogens with zero attached hydrogens (tertiary/aromatic N) is 2. The smallest absolute Gasteiger partial charge is 0.209 e. The van der Waals surface area contributed by atoms with Crippen LogP contribution in [0.15, 0.2) is 47.4 Å². The average molecular weight is 508 g/mol. The molecule has 5 nitrogen and oxygen atoms in total. The highest BCUT2D eigenvalue weighted by molar-refractivity contribution is 7.99. The molecule has 1 fully saturated rings. The van der Waals surface area contributed by atoms with Gasteiger partial charge in [0.25, 0.3) is 0 Å². The van der Waals surface area contributed by atoms with Crippen molar-refractivity contribution in [1.82, 2.24) is 9.88 Å². The van der Waals surface area contributed by atoms with Crippen LogP contribution in [0, 0.1) is 5.92 Å². The number of rotatable bonds is 7. The summed E-state index contributed by atoms with van der Waals surface area (Å²) in [4.78, 5) is 21.2. The van der Waals surface area contributed by atoms with E-state index in [-0.39, 0.29) is 27.2 Å². The summed E-state index contributed by atoms with van der Waals surface area (Å²) in [6, 6.07) is 13.2. The van der Waals surface area contributed by atoms with E-state index in [1.807, 2.05) is 23.9 Å². The standard InChI is InChI=1S/C23H24Cl2N4OS2/c1-29-11-3-4-14(12-29)13-31-16-9-7-15(8-10-16)27-23-28-22(26)21(32-23)20(30)19-17(24)5-2-6-18(19)25/h2,5-10,14H,3-4,11-13,26H2,1H3,(H,27,28). The van der Waals surface area contributed by atoms with Crippen molar-refractivity contribution in [3.63, 3.8) is 0 Å². The Hall–Kier alpha value is -1.77. The summed E-state index contributed by atoms with van der Waals surface area (Å²) < 4.78 is 0. The van der Waals surface area contributed by atoms with Crippen LogP contribution in [0.1, 0.15) is 28.1 Å². The first-order valence-electron chi connectivity index (χ1n) is 10.3. The number of anilines is 3. The van der Waals surface area contributed by atoms with Crippen molar-refractivity contribution < 1.29 is 4.79 Å².